The first kappa shape index (κ1) is 19.5. The number of benzene rings is 1. The average Bonchev–Trinajstić information content (AvgIpc) is 3.03. The van der Waals surface area contributed by atoms with Crippen LogP contribution in [-0.2, 0) is 6.54 Å². The zero-order valence-corrected chi connectivity index (χ0v) is 16.8. The first-order valence-corrected chi connectivity index (χ1v) is 9.82. The van der Waals surface area contributed by atoms with Crippen molar-refractivity contribution in [3.8, 4) is 5.69 Å². The number of carbonyl (C=O) groups excluding carboxylic acids is 1. The highest BCUT2D eigenvalue weighted by molar-refractivity contribution is 6.33. The number of aromatic nitrogens is 3. The molecule has 3 heterocycles. The minimum Gasteiger partial charge on any atom is -0.336 e. The average molecular weight is 414 g/mol. The summed E-state index contributed by atoms with van der Waals surface area (Å²) in [4.78, 5) is 21.4. The lowest BCUT2D eigenvalue weighted by molar-refractivity contribution is 0.0628. The first-order valence-electron chi connectivity index (χ1n) is 9.44. The van der Waals surface area contributed by atoms with Crippen molar-refractivity contribution in [2.24, 2.45) is 0 Å². The van der Waals surface area contributed by atoms with E-state index < -0.39 is 0 Å². The fourth-order valence-corrected chi connectivity index (χ4v) is 3.87. The van der Waals surface area contributed by atoms with E-state index in [1.807, 2.05) is 17.2 Å². The fraction of sp³-hybridized carbons (Fsp3) is 0.286. The number of carbonyl (C=O) groups is 1. The summed E-state index contributed by atoms with van der Waals surface area (Å²) < 4.78 is 14.7. The van der Waals surface area contributed by atoms with Gasteiger partial charge in [0.05, 0.1) is 16.9 Å². The van der Waals surface area contributed by atoms with Crippen LogP contribution in [0.1, 0.15) is 21.6 Å². The summed E-state index contributed by atoms with van der Waals surface area (Å²) in [5.74, 6) is -0.462. The monoisotopic (exact) mass is 413 g/mol. The number of piperazine rings is 1. The summed E-state index contributed by atoms with van der Waals surface area (Å²) in [6.07, 6.45) is 3.63. The number of amides is 1. The van der Waals surface area contributed by atoms with E-state index in [4.69, 9.17) is 11.6 Å². The number of hydrogen-bond acceptors (Lipinski definition) is 4. The van der Waals surface area contributed by atoms with Gasteiger partial charge in [-0.2, -0.15) is 5.10 Å². The molecule has 1 aromatic carbocycles. The molecule has 0 N–H and O–H groups in total. The van der Waals surface area contributed by atoms with E-state index in [1.54, 1.807) is 25.3 Å². The molecule has 0 spiro atoms. The Labute approximate surface area is 173 Å². The van der Waals surface area contributed by atoms with Gasteiger partial charge in [-0.1, -0.05) is 17.7 Å². The van der Waals surface area contributed by atoms with Crippen molar-refractivity contribution < 1.29 is 9.18 Å². The van der Waals surface area contributed by atoms with E-state index in [2.05, 4.69) is 21.0 Å². The zero-order chi connectivity index (χ0) is 20.4. The number of aryl methyl sites for hydroxylation is 1. The quantitative estimate of drug-likeness (QED) is 0.658. The van der Waals surface area contributed by atoms with Gasteiger partial charge in [-0.05, 0) is 42.8 Å². The fourth-order valence-electron chi connectivity index (χ4n) is 3.51. The molecule has 3 aromatic rings. The Morgan fingerprint density at radius 3 is 2.52 bits per heavy atom. The lowest BCUT2D eigenvalue weighted by atomic mass is 10.2. The number of pyridine rings is 1. The summed E-state index contributed by atoms with van der Waals surface area (Å²) in [5, 5.41) is 4.64. The third-order valence-electron chi connectivity index (χ3n) is 5.08. The second-order valence-electron chi connectivity index (χ2n) is 7.07. The highest BCUT2D eigenvalue weighted by Gasteiger charge is 2.28. The molecule has 0 unspecified atom stereocenters. The molecule has 1 saturated heterocycles. The van der Waals surface area contributed by atoms with Crippen molar-refractivity contribution in [1.82, 2.24) is 24.6 Å². The van der Waals surface area contributed by atoms with Crippen LogP contribution in [0.25, 0.3) is 5.69 Å². The Balaban J connectivity index is 1.46. The highest BCUT2D eigenvalue weighted by Crippen LogP contribution is 2.25. The van der Waals surface area contributed by atoms with Crippen molar-refractivity contribution in [1.29, 1.82) is 0 Å². The van der Waals surface area contributed by atoms with Gasteiger partial charge >= 0.3 is 0 Å². The van der Waals surface area contributed by atoms with E-state index in [9.17, 15) is 9.18 Å². The van der Waals surface area contributed by atoms with Crippen LogP contribution >= 0.6 is 11.6 Å². The Hall–Kier alpha value is -2.77. The van der Waals surface area contributed by atoms with Crippen molar-refractivity contribution in [3.05, 3.63) is 76.6 Å². The molecule has 1 aliphatic heterocycles. The lowest BCUT2D eigenvalue weighted by Gasteiger charge is -2.34. The van der Waals surface area contributed by atoms with Gasteiger partial charge < -0.3 is 4.90 Å². The molecule has 4 rings (SSSR count). The predicted molar refractivity (Wildman–Crippen MR) is 109 cm³/mol. The smallest absolute Gasteiger partial charge is 0.258 e. The van der Waals surface area contributed by atoms with Gasteiger partial charge in [0, 0.05) is 45.1 Å². The molecule has 0 bridgehead atoms. The highest BCUT2D eigenvalue weighted by atomic mass is 35.5. The molecule has 1 amide bonds. The molecular weight excluding hydrogens is 393 g/mol. The standard InChI is InChI=1S/C21H21ClFN5O/c1-15-19(20(22)28(25-15)18-6-4-17(23)5-7-18)21(29)27-11-9-26(10-12-27)14-16-3-2-8-24-13-16/h2-8,13H,9-12,14H2,1H3. The Morgan fingerprint density at radius 2 is 1.86 bits per heavy atom. The topological polar surface area (TPSA) is 54.3 Å². The number of nitrogens with zero attached hydrogens (tertiary/aromatic N) is 5. The molecule has 8 heteroatoms. The maximum Gasteiger partial charge on any atom is 0.258 e. The maximum absolute atomic E-state index is 13.2. The van der Waals surface area contributed by atoms with Crippen LogP contribution in [0.3, 0.4) is 0 Å². The Morgan fingerprint density at radius 1 is 1.14 bits per heavy atom. The minimum absolute atomic E-state index is 0.123. The summed E-state index contributed by atoms with van der Waals surface area (Å²) in [6.45, 7) is 5.38. The molecule has 0 saturated carbocycles. The molecule has 6 nitrogen and oxygen atoms in total. The molecule has 150 valence electrons. The molecule has 1 aliphatic rings. The second kappa shape index (κ2) is 8.31. The molecule has 2 aromatic heterocycles. The molecule has 0 radical (unpaired) electrons. The van der Waals surface area contributed by atoms with Gasteiger partial charge in [0.25, 0.3) is 5.91 Å². The summed E-state index contributed by atoms with van der Waals surface area (Å²) in [6, 6.07) is 9.83. The van der Waals surface area contributed by atoms with E-state index in [-0.39, 0.29) is 16.9 Å². The third-order valence-corrected chi connectivity index (χ3v) is 5.43. The van der Waals surface area contributed by atoms with Crippen LogP contribution in [0.4, 0.5) is 4.39 Å². The number of rotatable bonds is 4. The van der Waals surface area contributed by atoms with Gasteiger partial charge in [0.1, 0.15) is 11.0 Å². The van der Waals surface area contributed by atoms with E-state index >= 15 is 0 Å². The van der Waals surface area contributed by atoms with E-state index in [0.29, 0.717) is 30.0 Å². The van der Waals surface area contributed by atoms with Gasteiger partial charge in [-0.15, -0.1) is 0 Å². The Kier molecular flexibility index (Phi) is 5.60. The minimum atomic E-state index is -0.339. The van der Waals surface area contributed by atoms with Gasteiger partial charge in [0.2, 0.25) is 0 Å². The van der Waals surface area contributed by atoms with Crippen LogP contribution in [0.15, 0.2) is 48.8 Å². The summed E-state index contributed by atoms with van der Waals surface area (Å²) in [7, 11) is 0. The van der Waals surface area contributed by atoms with E-state index in [0.717, 1.165) is 25.2 Å². The van der Waals surface area contributed by atoms with E-state index in [1.165, 1.54) is 16.8 Å². The van der Waals surface area contributed by atoms with Gasteiger partial charge in [-0.3, -0.25) is 14.7 Å². The van der Waals surface area contributed by atoms with Crippen LogP contribution in [0.2, 0.25) is 5.15 Å². The van der Waals surface area contributed by atoms with Crippen LogP contribution in [0.5, 0.6) is 0 Å². The Bertz CT molecular complexity index is 998. The zero-order valence-electron chi connectivity index (χ0n) is 16.1. The molecule has 0 atom stereocenters. The third kappa shape index (κ3) is 4.16. The van der Waals surface area contributed by atoms with Crippen molar-refractivity contribution in [2.45, 2.75) is 13.5 Å². The molecular formula is C21H21ClFN5O. The maximum atomic E-state index is 13.2. The number of hydrogen-bond donors (Lipinski definition) is 0. The lowest BCUT2D eigenvalue weighted by Crippen LogP contribution is -2.48. The van der Waals surface area contributed by atoms with Crippen molar-refractivity contribution in [2.75, 3.05) is 26.2 Å². The summed E-state index contributed by atoms with van der Waals surface area (Å²) >= 11 is 6.50. The predicted octanol–water partition coefficient (Wildman–Crippen LogP) is 3.33. The van der Waals surface area contributed by atoms with Gasteiger partial charge in [-0.25, -0.2) is 9.07 Å². The second-order valence-corrected chi connectivity index (χ2v) is 7.43. The number of halogens is 2. The largest absolute Gasteiger partial charge is 0.336 e. The normalized spacial score (nSPS) is 14.9. The van der Waals surface area contributed by atoms with Crippen molar-refractivity contribution >= 4 is 17.5 Å². The summed E-state index contributed by atoms with van der Waals surface area (Å²) in [5.41, 5.74) is 2.73. The first-order chi connectivity index (χ1) is 14.0. The molecule has 1 fully saturated rings. The van der Waals surface area contributed by atoms with Crippen LogP contribution < -0.4 is 0 Å². The van der Waals surface area contributed by atoms with Crippen LogP contribution in [-0.4, -0.2) is 56.7 Å². The van der Waals surface area contributed by atoms with Crippen molar-refractivity contribution in [3.63, 3.8) is 0 Å². The SMILES string of the molecule is Cc1nn(-c2ccc(F)cc2)c(Cl)c1C(=O)N1CCN(Cc2cccnc2)CC1. The van der Waals surface area contributed by atoms with Crippen LogP contribution in [0, 0.1) is 12.7 Å². The van der Waals surface area contributed by atoms with Gasteiger partial charge in [0.15, 0.2) is 0 Å². The molecule has 0 aliphatic carbocycles. The molecule has 29 heavy (non-hydrogen) atoms.